The molecule has 1 aromatic carbocycles. The number of carbonyl (C=O) groups excluding carboxylic acids is 1. The molecule has 1 aliphatic heterocycles. The maximum absolute atomic E-state index is 13.6. The van der Waals surface area contributed by atoms with Gasteiger partial charge in [0.1, 0.15) is 5.82 Å². The first-order chi connectivity index (χ1) is 11.6. The van der Waals surface area contributed by atoms with Crippen molar-refractivity contribution in [2.45, 2.75) is 25.4 Å². The van der Waals surface area contributed by atoms with Gasteiger partial charge in [0.2, 0.25) is 0 Å². The van der Waals surface area contributed by atoms with Crippen molar-refractivity contribution in [2.24, 2.45) is 5.92 Å². The van der Waals surface area contributed by atoms with Gasteiger partial charge in [-0.1, -0.05) is 6.07 Å². The van der Waals surface area contributed by atoms with E-state index in [1.54, 1.807) is 0 Å². The molecule has 2 N–H and O–H groups in total. The summed E-state index contributed by atoms with van der Waals surface area (Å²) in [6.45, 7) is 2.02. The summed E-state index contributed by atoms with van der Waals surface area (Å²) in [6.07, 6.45) is -4.29. The smallest absolute Gasteiger partial charge is 0.419 e. The molecule has 1 aliphatic rings. The lowest BCUT2D eigenvalue weighted by molar-refractivity contribution is -0.146. The van der Waals surface area contributed by atoms with Gasteiger partial charge in [-0.3, -0.25) is 9.59 Å². The van der Waals surface area contributed by atoms with Crippen molar-refractivity contribution >= 4 is 11.9 Å². The quantitative estimate of drug-likeness (QED) is 0.623. The Hall–Kier alpha value is -2.16. The number of rotatable bonds is 2. The van der Waals surface area contributed by atoms with Crippen molar-refractivity contribution in [2.75, 3.05) is 20.2 Å². The molecule has 0 aromatic heterocycles. The fourth-order valence-corrected chi connectivity index (χ4v) is 2.56. The molecule has 2 unspecified atom stereocenters. The highest BCUT2D eigenvalue weighted by atomic mass is 19.4. The SMILES string of the molecule is CC(=O)O.COC(=O)C1CNCC(c2ccc(C(F)(F)F)c(F)c2)C1. The fourth-order valence-electron chi connectivity index (χ4n) is 2.56. The lowest BCUT2D eigenvalue weighted by atomic mass is 9.85. The molecule has 1 aromatic rings. The molecule has 1 saturated heterocycles. The molecule has 0 radical (unpaired) electrons. The number of piperidine rings is 1. The largest absolute Gasteiger partial charge is 0.481 e. The van der Waals surface area contributed by atoms with Crippen LogP contribution in [0.15, 0.2) is 18.2 Å². The van der Waals surface area contributed by atoms with Crippen molar-refractivity contribution in [3.8, 4) is 0 Å². The van der Waals surface area contributed by atoms with Gasteiger partial charge in [-0.2, -0.15) is 13.2 Å². The summed E-state index contributed by atoms with van der Waals surface area (Å²) < 4.78 is 55.8. The van der Waals surface area contributed by atoms with Crippen LogP contribution in [0.25, 0.3) is 0 Å². The Morgan fingerprint density at radius 1 is 1.28 bits per heavy atom. The maximum atomic E-state index is 13.6. The molecule has 2 atom stereocenters. The average Bonchev–Trinajstić information content (AvgIpc) is 2.52. The van der Waals surface area contributed by atoms with Gasteiger partial charge in [0, 0.05) is 20.0 Å². The van der Waals surface area contributed by atoms with Crippen LogP contribution >= 0.6 is 0 Å². The van der Waals surface area contributed by atoms with Crippen molar-refractivity contribution in [1.82, 2.24) is 5.32 Å². The molecule has 0 saturated carbocycles. The Balaban J connectivity index is 0.000000705. The molecule has 140 valence electrons. The van der Waals surface area contributed by atoms with Crippen molar-refractivity contribution < 1.29 is 37.0 Å². The van der Waals surface area contributed by atoms with E-state index in [0.717, 1.165) is 19.1 Å². The molecule has 0 spiro atoms. The number of alkyl halides is 3. The molecule has 9 heteroatoms. The zero-order valence-corrected chi connectivity index (χ0v) is 13.7. The third kappa shape index (κ3) is 6.33. The van der Waals surface area contributed by atoms with E-state index < -0.39 is 23.5 Å². The van der Waals surface area contributed by atoms with Gasteiger partial charge >= 0.3 is 12.1 Å². The summed E-state index contributed by atoms with van der Waals surface area (Å²) in [5.41, 5.74) is -0.832. The third-order valence-electron chi connectivity index (χ3n) is 3.65. The number of hydrogen-bond acceptors (Lipinski definition) is 4. The van der Waals surface area contributed by atoms with Crippen LogP contribution in [0.1, 0.15) is 30.4 Å². The van der Waals surface area contributed by atoms with Crippen LogP contribution in [0, 0.1) is 11.7 Å². The summed E-state index contributed by atoms with van der Waals surface area (Å²) >= 11 is 0. The van der Waals surface area contributed by atoms with Crippen molar-refractivity contribution in [3.05, 3.63) is 35.1 Å². The summed E-state index contributed by atoms with van der Waals surface area (Å²) in [4.78, 5) is 20.5. The van der Waals surface area contributed by atoms with Gasteiger partial charge in [-0.05, 0) is 30.0 Å². The molecular formula is C16H19F4NO4. The van der Waals surface area contributed by atoms with E-state index in [1.165, 1.54) is 13.2 Å². The minimum Gasteiger partial charge on any atom is -0.481 e. The van der Waals surface area contributed by atoms with E-state index in [4.69, 9.17) is 9.90 Å². The number of methoxy groups -OCH3 is 1. The van der Waals surface area contributed by atoms with E-state index >= 15 is 0 Å². The van der Waals surface area contributed by atoms with E-state index in [1.807, 2.05) is 0 Å². The Bertz CT molecular complexity index is 615. The number of halogens is 4. The van der Waals surface area contributed by atoms with Gasteiger partial charge in [-0.25, -0.2) is 4.39 Å². The van der Waals surface area contributed by atoms with Crippen LogP contribution in [-0.4, -0.2) is 37.2 Å². The van der Waals surface area contributed by atoms with Gasteiger partial charge < -0.3 is 15.2 Å². The summed E-state index contributed by atoms with van der Waals surface area (Å²) in [6, 6.07) is 2.90. The first-order valence-corrected chi connectivity index (χ1v) is 7.41. The lowest BCUT2D eigenvalue weighted by Gasteiger charge is -2.29. The fraction of sp³-hybridized carbons (Fsp3) is 0.500. The van der Waals surface area contributed by atoms with Crippen molar-refractivity contribution in [1.29, 1.82) is 0 Å². The highest BCUT2D eigenvalue weighted by Crippen LogP contribution is 2.34. The molecule has 5 nitrogen and oxygen atoms in total. The molecule has 0 bridgehead atoms. The van der Waals surface area contributed by atoms with Crippen LogP contribution in [0.3, 0.4) is 0 Å². The first kappa shape index (κ1) is 20.9. The van der Waals surface area contributed by atoms with Crippen LogP contribution < -0.4 is 5.32 Å². The molecule has 0 amide bonds. The average molecular weight is 365 g/mol. The number of ether oxygens (including phenoxy) is 1. The Kier molecular flexibility index (Phi) is 7.35. The van der Waals surface area contributed by atoms with E-state index in [9.17, 15) is 22.4 Å². The van der Waals surface area contributed by atoms with E-state index in [0.29, 0.717) is 25.1 Å². The highest BCUT2D eigenvalue weighted by molar-refractivity contribution is 5.72. The number of hydrogen-bond donors (Lipinski definition) is 2. The third-order valence-corrected chi connectivity index (χ3v) is 3.65. The maximum Gasteiger partial charge on any atom is 0.419 e. The molecule has 1 heterocycles. The van der Waals surface area contributed by atoms with Gasteiger partial charge in [0.05, 0.1) is 18.6 Å². The number of carboxylic acids is 1. The lowest BCUT2D eigenvalue weighted by Crippen LogP contribution is -2.39. The Morgan fingerprint density at radius 3 is 2.36 bits per heavy atom. The van der Waals surface area contributed by atoms with E-state index in [-0.39, 0.29) is 17.8 Å². The minimum absolute atomic E-state index is 0.223. The standard InChI is InChI=1S/C14H15F4NO2.C2H4O2/c1-21-13(20)10-4-9(6-19-7-10)8-2-3-11(12(15)5-8)14(16,17)18;1-2(3)4/h2-3,5,9-10,19H,4,6-7H2,1H3;1H3,(H,3,4). The zero-order chi connectivity index (χ0) is 19.2. The predicted molar refractivity (Wildman–Crippen MR) is 80.4 cm³/mol. The number of benzene rings is 1. The van der Waals surface area contributed by atoms with Crippen LogP contribution in [0.5, 0.6) is 0 Å². The summed E-state index contributed by atoms with van der Waals surface area (Å²) in [5, 5.41) is 10.4. The number of esters is 1. The monoisotopic (exact) mass is 365 g/mol. The van der Waals surface area contributed by atoms with Gasteiger partial charge in [-0.15, -0.1) is 0 Å². The van der Waals surface area contributed by atoms with E-state index in [2.05, 4.69) is 10.1 Å². The predicted octanol–water partition coefficient (Wildman–Crippen LogP) is 2.80. The molecule has 1 fully saturated rings. The summed E-state index contributed by atoms with van der Waals surface area (Å²) in [5.74, 6) is -3.10. The normalized spacial score (nSPS) is 20.2. The second kappa shape index (κ2) is 8.80. The highest BCUT2D eigenvalue weighted by Gasteiger charge is 2.35. The summed E-state index contributed by atoms with van der Waals surface area (Å²) in [7, 11) is 1.28. The molecule has 2 rings (SSSR count). The van der Waals surface area contributed by atoms with Crippen molar-refractivity contribution in [3.63, 3.8) is 0 Å². The number of aliphatic carboxylic acids is 1. The molecule has 0 aliphatic carbocycles. The van der Waals surface area contributed by atoms with Crippen LogP contribution in [0.2, 0.25) is 0 Å². The van der Waals surface area contributed by atoms with Crippen LogP contribution in [0.4, 0.5) is 17.6 Å². The van der Waals surface area contributed by atoms with Gasteiger partial charge in [0.15, 0.2) is 0 Å². The minimum atomic E-state index is -4.71. The number of nitrogens with one attached hydrogen (secondary N) is 1. The molecule has 25 heavy (non-hydrogen) atoms. The van der Waals surface area contributed by atoms with Crippen LogP contribution in [-0.2, 0) is 20.5 Å². The Labute approximate surface area is 142 Å². The number of carboxylic acid groups (broad SMARTS) is 1. The first-order valence-electron chi connectivity index (χ1n) is 7.41. The molecular weight excluding hydrogens is 346 g/mol. The number of carbonyl (C=O) groups is 2. The second-order valence-corrected chi connectivity index (χ2v) is 5.57. The second-order valence-electron chi connectivity index (χ2n) is 5.57. The topological polar surface area (TPSA) is 75.6 Å². The Morgan fingerprint density at radius 2 is 1.88 bits per heavy atom. The van der Waals surface area contributed by atoms with Gasteiger partial charge in [0.25, 0.3) is 5.97 Å². The zero-order valence-electron chi connectivity index (χ0n) is 13.7.